The molecule has 1 aromatic heterocycles. The number of nitrogens with zero attached hydrogens (tertiary/aromatic N) is 2. The Kier molecular flexibility index (Phi) is 4.77. The van der Waals surface area contributed by atoms with E-state index in [0.29, 0.717) is 36.6 Å². The second-order valence-electron chi connectivity index (χ2n) is 6.24. The van der Waals surface area contributed by atoms with Gasteiger partial charge in [-0.1, -0.05) is 29.8 Å². The molecule has 0 saturated heterocycles. The van der Waals surface area contributed by atoms with E-state index >= 15 is 0 Å². The van der Waals surface area contributed by atoms with Gasteiger partial charge in [-0.2, -0.15) is 0 Å². The molecule has 2 aromatic carbocycles. The summed E-state index contributed by atoms with van der Waals surface area (Å²) in [6, 6.07) is 15.5. The van der Waals surface area contributed by atoms with E-state index in [-0.39, 0.29) is 10.9 Å². The van der Waals surface area contributed by atoms with Crippen LogP contribution < -0.4 is 4.74 Å². The number of amides is 1. The molecule has 0 fully saturated rings. The van der Waals surface area contributed by atoms with Crippen LogP contribution >= 0.6 is 11.6 Å². The summed E-state index contributed by atoms with van der Waals surface area (Å²) in [6.45, 7) is 1.28. The van der Waals surface area contributed by atoms with Gasteiger partial charge in [0.1, 0.15) is 18.2 Å². The van der Waals surface area contributed by atoms with Gasteiger partial charge in [-0.3, -0.25) is 9.78 Å². The number of pyridine rings is 1. The first-order valence-corrected chi connectivity index (χ1v) is 8.91. The summed E-state index contributed by atoms with van der Waals surface area (Å²) in [5.41, 5.74) is 2.63. The third kappa shape index (κ3) is 3.64. The first kappa shape index (κ1) is 17.5. The van der Waals surface area contributed by atoms with E-state index in [1.807, 2.05) is 24.3 Å². The molecular weight excluding hydrogens is 367 g/mol. The van der Waals surface area contributed by atoms with Crippen LogP contribution in [0.3, 0.4) is 0 Å². The van der Waals surface area contributed by atoms with Crippen LogP contribution in [0.1, 0.15) is 16.1 Å². The number of benzene rings is 2. The lowest BCUT2D eigenvalue weighted by Crippen LogP contribution is -2.32. The molecule has 0 unspecified atom stereocenters. The van der Waals surface area contributed by atoms with Crippen molar-refractivity contribution in [3.63, 3.8) is 0 Å². The first-order valence-electron chi connectivity index (χ1n) is 8.53. The number of hydrogen-bond acceptors (Lipinski definition) is 3. The minimum atomic E-state index is -0.497. The molecule has 1 amide bonds. The molecule has 136 valence electrons. The van der Waals surface area contributed by atoms with Gasteiger partial charge in [0.25, 0.3) is 5.91 Å². The molecule has 6 heteroatoms. The van der Waals surface area contributed by atoms with Crippen molar-refractivity contribution in [1.29, 1.82) is 0 Å². The van der Waals surface area contributed by atoms with E-state index in [1.165, 1.54) is 12.1 Å². The molecule has 0 N–H and O–H groups in total. The summed E-state index contributed by atoms with van der Waals surface area (Å²) in [5, 5.41) is 0.0643. The van der Waals surface area contributed by atoms with Crippen molar-refractivity contribution in [3.8, 4) is 16.9 Å². The van der Waals surface area contributed by atoms with Gasteiger partial charge in [0.05, 0.1) is 29.4 Å². The Morgan fingerprint density at radius 1 is 1.11 bits per heavy atom. The number of aromatic nitrogens is 1. The zero-order chi connectivity index (χ0) is 18.8. The highest BCUT2D eigenvalue weighted by molar-refractivity contribution is 6.30. The Hall–Kier alpha value is -2.92. The highest BCUT2D eigenvalue weighted by Crippen LogP contribution is 2.31. The maximum absolute atomic E-state index is 13.8. The lowest BCUT2D eigenvalue weighted by Gasteiger charge is -2.19. The Balaban J connectivity index is 1.68. The van der Waals surface area contributed by atoms with Crippen LogP contribution in [0.4, 0.5) is 4.39 Å². The van der Waals surface area contributed by atoms with Gasteiger partial charge in [-0.25, -0.2) is 4.39 Å². The van der Waals surface area contributed by atoms with Crippen LogP contribution in [-0.4, -0.2) is 28.9 Å². The third-order valence-electron chi connectivity index (χ3n) is 4.45. The smallest absolute Gasteiger partial charge is 0.258 e. The minimum absolute atomic E-state index is 0.0643. The van der Waals surface area contributed by atoms with Crippen molar-refractivity contribution in [2.45, 2.75) is 6.54 Å². The van der Waals surface area contributed by atoms with E-state index in [9.17, 15) is 9.18 Å². The average molecular weight is 383 g/mol. The molecule has 0 aliphatic carbocycles. The second kappa shape index (κ2) is 7.37. The molecule has 0 radical (unpaired) electrons. The molecule has 0 saturated carbocycles. The van der Waals surface area contributed by atoms with Crippen LogP contribution in [-0.2, 0) is 6.54 Å². The first-order chi connectivity index (χ1) is 13.1. The van der Waals surface area contributed by atoms with Crippen LogP contribution in [0.2, 0.25) is 5.02 Å². The molecular formula is C21H16ClFN2O2. The fraction of sp³-hybridized carbons (Fsp3) is 0.143. The summed E-state index contributed by atoms with van der Waals surface area (Å²) in [5.74, 6) is -0.102. The monoisotopic (exact) mass is 382 g/mol. The summed E-state index contributed by atoms with van der Waals surface area (Å²) in [6.07, 6.45) is 1.70. The van der Waals surface area contributed by atoms with E-state index in [2.05, 4.69) is 4.98 Å². The maximum Gasteiger partial charge on any atom is 0.258 e. The van der Waals surface area contributed by atoms with Gasteiger partial charge >= 0.3 is 0 Å². The number of carbonyl (C=O) groups excluding carboxylic acids is 1. The average Bonchev–Trinajstić information content (AvgIpc) is 2.84. The highest BCUT2D eigenvalue weighted by Gasteiger charge is 2.24. The van der Waals surface area contributed by atoms with Crippen molar-refractivity contribution in [3.05, 3.63) is 82.9 Å². The highest BCUT2D eigenvalue weighted by atomic mass is 35.5. The topological polar surface area (TPSA) is 42.4 Å². The molecule has 0 atom stereocenters. The molecule has 1 aliphatic heterocycles. The van der Waals surface area contributed by atoms with Gasteiger partial charge in [-0.05, 0) is 47.5 Å². The number of rotatable bonds is 3. The van der Waals surface area contributed by atoms with Gasteiger partial charge in [-0.15, -0.1) is 0 Å². The zero-order valence-electron chi connectivity index (χ0n) is 14.4. The Morgan fingerprint density at radius 2 is 1.93 bits per heavy atom. The molecule has 4 nitrogen and oxygen atoms in total. The molecule has 0 bridgehead atoms. The van der Waals surface area contributed by atoms with Crippen molar-refractivity contribution in [2.24, 2.45) is 0 Å². The number of ether oxygens (including phenoxy) is 1. The quantitative estimate of drug-likeness (QED) is 0.666. The van der Waals surface area contributed by atoms with Crippen LogP contribution in [0, 0.1) is 5.82 Å². The van der Waals surface area contributed by atoms with Crippen molar-refractivity contribution in [1.82, 2.24) is 9.88 Å². The van der Waals surface area contributed by atoms with Crippen molar-refractivity contribution >= 4 is 17.5 Å². The van der Waals surface area contributed by atoms with E-state index in [4.69, 9.17) is 16.3 Å². The molecule has 4 rings (SSSR count). The number of carbonyl (C=O) groups is 1. The third-order valence-corrected chi connectivity index (χ3v) is 4.75. The summed E-state index contributed by atoms with van der Waals surface area (Å²) in [7, 11) is 0. The standard InChI is InChI=1S/C21H16ClFN2O2/c22-18-6-4-15(12-19(18)23)14-5-7-20-17(11-14)21(26)25(9-10-27-20)13-16-3-1-2-8-24-16/h1-8,11-12H,9-10,13H2. The SMILES string of the molecule is O=C1c2cc(-c3ccc(Cl)c(F)c3)ccc2OCCN1Cc1ccccn1. The Labute approximate surface area is 161 Å². The Morgan fingerprint density at radius 3 is 2.70 bits per heavy atom. The zero-order valence-corrected chi connectivity index (χ0v) is 15.1. The van der Waals surface area contributed by atoms with Gasteiger partial charge in [0.2, 0.25) is 0 Å². The lowest BCUT2D eigenvalue weighted by molar-refractivity contribution is 0.0741. The number of hydrogen-bond donors (Lipinski definition) is 0. The normalized spacial score (nSPS) is 13.7. The molecule has 3 aromatic rings. The van der Waals surface area contributed by atoms with Crippen LogP contribution in [0.5, 0.6) is 5.75 Å². The largest absolute Gasteiger partial charge is 0.491 e. The van der Waals surface area contributed by atoms with E-state index < -0.39 is 5.82 Å². The molecule has 0 spiro atoms. The van der Waals surface area contributed by atoms with Crippen molar-refractivity contribution < 1.29 is 13.9 Å². The van der Waals surface area contributed by atoms with Gasteiger partial charge < -0.3 is 9.64 Å². The van der Waals surface area contributed by atoms with Crippen molar-refractivity contribution in [2.75, 3.05) is 13.2 Å². The fourth-order valence-corrected chi connectivity index (χ4v) is 3.17. The van der Waals surface area contributed by atoms with Gasteiger partial charge in [0, 0.05) is 6.20 Å². The predicted octanol–water partition coefficient (Wildman–Crippen LogP) is 4.58. The maximum atomic E-state index is 13.8. The van der Waals surface area contributed by atoms with E-state index in [0.717, 1.165) is 11.3 Å². The van der Waals surface area contributed by atoms with Gasteiger partial charge in [0.15, 0.2) is 0 Å². The van der Waals surface area contributed by atoms with Crippen LogP contribution in [0.15, 0.2) is 60.8 Å². The van der Waals surface area contributed by atoms with E-state index in [1.54, 1.807) is 29.3 Å². The molecule has 27 heavy (non-hydrogen) atoms. The minimum Gasteiger partial charge on any atom is -0.491 e. The summed E-state index contributed by atoms with van der Waals surface area (Å²) in [4.78, 5) is 19.1. The number of halogens is 2. The number of fused-ring (bicyclic) bond motifs is 1. The van der Waals surface area contributed by atoms with Crippen LogP contribution in [0.25, 0.3) is 11.1 Å². The molecule has 1 aliphatic rings. The second-order valence-corrected chi connectivity index (χ2v) is 6.64. The Bertz CT molecular complexity index is 995. The predicted molar refractivity (Wildman–Crippen MR) is 101 cm³/mol. The lowest BCUT2D eigenvalue weighted by atomic mass is 10.0. The summed E-state index contributed by atoms with van der Waals surface area (Å²) >= 11 is 5.76. The summed E-state index contributed by atoms with van der Waals surface area (Å²) < 4.78 is 19.6. The fourth-order valence-electron chi connectivity index (χ4n) is 3.05. The molecule has 2 heterocycles.